The van der Waals surface area contributed by atoms with Crippen LogP contribution in [0.25, 0.3) is 0 Å². The van der Waals surface area contributed by atoms with Crippen LogP contribution in [0.15, 0.2) is 18.2 Å². The second kappa shape index (κ2) is 4.77. The van der Waals surface area contributed by atoms with Gasteiger partial charge in [0.2, 0.25) is 5.91 Å². The maximum atomic E-state index is 12.2. The number of halogens is 3. The highest BCUT2D eigenvalue weighted by Gasteiger charge is 2.38. The third-order valence-corrected chi connectivity index (χ3v) is 3.62. The summed E-state index contributed by atoms with van der Waals surface area (Å²) in [4.78, 5) is 11.8. The molecule has 3 nitrogen and oxygen atoms in total. The van der Waals surface area contributed by atoms with Crippen molar-refractivity contribution in [3.8, 4) is 0 Å². The van der Waals surface area contributed by atoms with Crippen LogP contribution in [0, 0.1) is 0 Å². The fourth-order valence-electron chi connectivity index (χ4n) is 2.26. The van der Waals surface area contributed by atoms with Gasteiger partial charge in [-0.15, -0.1) is 0 Å². The van der Waals surface area contributed by atoms with Crippen LogP contribution in [-0.2, 0) is 10.2 Å². The van der Waals surface area contributed by atoms with E-state index in [0.717, 1.165) is 0 Å². The normalized spacial score (nSPS) is 18.6. The van der Waals surface area contributed by atoms with Gasteiger partial charge in [0, 0.05) is 12.1 Å². The van der Waals surface area contributed by atoms with E-state index < -0.39 is 24.1 Å². The van der Waals surface area contributed by atoms with Crippen molar-refractivity contribution in [3.05, 3.63) is 29.3 Å². The van der Waals surface area contributed by atoms with E-state index in [4.69, 9.17) is 0 Å². The zero-order chi connectivity index (χ0) is 15.1. The summed E-state index contributed by atoms with van der Waals surface area (Å²) in [7, 11) is 0. The van der Waals surface area contributed by atoms with E-state index >= 15 is 0 Å². The average molecular weight is 287 g/mol. The van der Waals surface area contributed by atoms with Gasteiger partial charge >= 0.3 is 6.18 Å². The van der Waals surface area contributed by atoms with Gasteiger partial charge in [0.05, 0.1) is 11.5 Å². The number of hydrogen-bond acceptors (Lipinski definition) is 2. The fraction of sp³-hybridized carbons (Fsp3) is 0.500. The first-order chi connectivity index (χ1) is 9.11. The van der Waals surface area contributed by atoms with Crippen molar-refractivity contribution in [3.63, 3.8) is 0 Å². The molecule has 6 heteroatoms. The Balaban J connectivity index is 2.20. The number of carbonyl (C=O) groups excluding carboxylic acids is 1. The summed E-state index contributed by atoms with van der Waals surface area (Å²) in [5.41, 5.74) is 1.00. The number of aliphatic hydroxyl groups excluding tert-OH is 1. The topological polar surface area (TPSA) is 49.3 Å². The Kier molecular flexibility index (Phi) is 3.54. The zero-order valence-electron chi connectivity index (χ0n) is 11.2. The van der Waals surface area contributed by atoms with Gasteiger partial charge < -0.3 is 10.4 Å². The van der Waals surface area contributed by atoms with Crippen LogP contribution < -0.4 is 5.32 Å². The summed E-state index contributed by atoms with van der Waals surface area (Å²) in [6, 6.07) is 4.77. The number of benzene rings is 1. The minimum absolute atomic E-state index is 0.158. The van der Waals surface area contributed by atoms with Gasteiger partial charge in [-0.2, -0.15) is 13.2 Å². The summed E-state index contributed by atoms with van der Waals surface area (Å²) in [6.45, 7) is 3.47. The molecule has 1 atom stereocenters. The van der Waals surface area contributed by atoms with E-state index in [1.54, 1.807) is 32.0 Å². The van der Waals surface area contributed by atoms with Gasteiger partial charge in [0.25, 0.3) is 0 Å². The quantitative estimate of drug-likeness (QED) is 0.896. The lowest BCUT2D eigenvalue weighted by Gasteiger charge is -2.18. The molecule has 20 heavy (non-hydrogen) atoms. The first-order valence-electron chi connectivity index (χ1n) is 6.32. The van der Waals surface area contributed by atoms with Crippen molar-refractivity contribution in [1.29, 1.82) is 0 Å². The molecule has 0 bridgehead atoms. The Hall–Kier alpha value is -1.56. The molecule has 2 N–H and O–H groups in total. The first kappa shape index (κ1) is 14.8. The van der Waals surface area contributed by atoms with Gasteiger partial charge in [-0.3, -0.25) is 4.79 Å². The molecule has 0 saturated heterocycles. The van der Waals surface area contributed by atoms with Crippen LogP contribution in [0.2, 0.25) is 0 Å². The van der Waals surface area contributed by atoms with Crippen molar-refractivity contribution >= 4 is 11.6 Å². The molecule has 2 rings (SSSR count). The number of hydrogen-bond donors (Lipinski definition) is 2. The maximum Gasteiger partial charge on any atom is 0.389 e. The van der Waals surface area contributed by atoms with Gasteiger partial charge in [-0.1, -0.05) is 12.1 Å². The molecule has 110 valence electrons. The number of alkyl halides is 3. The molecule has 1 aromatic rings. The molecule has 0 aliphatic carbocycles. The molecule has 0 aromatic heterocycles. The summed E-state index contributed by atoms with van der Waals surface area (Å²) in [6.07, 6.45) is -6.89. The molecule has 1 heterocycles. The van der Waals surface area contributed by atoms with E-state index in [2.05, 4.69) is 5.32 Å². The van der Waals surface area contributed by atoms with Gasteiger partial charge in [0.15, 0.2) is 0 Å². The molecule has 1 aliphatic heterocycles. The second-order valence-corrected chi connectivity index (χ2v) is 5.55. The minimum Gasteiger partial charge on any atom is -0.388 e. The van der Waals surface area contributed by atoms with E-state index in [1.807, 2.05) is 0 Å². The predicted octanol–water partition coefficient (Wildman–Crippen LogP) is 3.29. The van der Waals surface area contributed by atoms with Crippen LogP contribution in [0.3, 0.4) is 0 Å². The molecular weight excluding hydrogens is 271 g/mol. The van der Waals surface area contributed by atoms with Crippen molar-refractivity contribution < 1.29 is 23.1 Å². The molecule has 0 saturated carbocycles. The van der Waals surface area contributed by atoms with E-state index in [1.165, 1.54) is 0 Å². The summed E-state index contributed by atoms with van der Waals surface area (Å²) >= 11 is 0. The molecule has 0 spiro atoms. The van der Waals surface area contributed by atoms with Crippen LogP contribution in [-0.4, -0.2) is 17.2 Å². The number of fused-ring (bicyclic) bond motifs is 1. The SMILES string of the molecule is CC1(C)C(=O)Nc2ccc(C(O)CCC(F)(F)F)cc21. The van der Waals surface area contributed by atoms with Gasteiger partial charge in [-0.05, 0) is 37.5 Å². The van der Waals surface area contributed by atoms with E-state index in [-0.39, 0.29) is 12.3 Å². The van der Waals surface area contributed by atoms with Gasteiger partial charge in [-0.25, -0.2) is 0 Å². The summed E-state index contributed by atoms with van der Waals surface area (Å²) < 4.78 is 36.5. The van der Waals surface area contributed by atoms with Gasteiger partial charge in [0.1, 0.15) is 0 Å². The Morgan fingerprint density at radius 1 is 1.35 bits per heavy atom. The van der Waals surface area contributed by atoms with Crippen LogP contribution in [0.4, 0.5) is 18.9 Å². The average Bonchev–Trinajstić information content (AvgIpc) is 2.56. The Morgan fingerprint density at radius 3 is 2.60 bits per heavy atom. The predicted molar refractivity (Wildman–Crippen MR) is 68.3 cm³/mol. The lowest BCUT2D eigenvalue weighted by molar-refractivity contribution is -0.140. The Morgan fingerprint density at radius 2 is 2.00 bits per heavy atom. The van der Waals surface area contributed by atoms with Crippen molar-refractivity contribution in [2.24, 2.45) is 0 Å². The molecule has 0 radical (unpaired) electrons. The molecular formula is C14H16F3NO2. The monoisotopic (exact) mass is 287 g/mol. The number of amides is 1. The molecule has 0 fully saturated rings. The molecule has 1 unspecified atom stereocenters. The van der Waals surface area contributed by atoms with E-state index in [0.29, 0.717) is 16.8 Å². The van der Waals surface area contributed by atoms with Crippen LogP contribution in [0.1, 0.15) is 43.9 Å². The highest BCUT2D eigenvalue weighted by atomic mass is 19.4. The number of anilines is 1. The third-order valence-electron chi connectivity index (χ3n) is 3.62. The zero-order valence-corrected chi connectivity index (χ0v) is 11.2. The lowest BCUT2D eigenvalue weighted by Crippen LogP contribution is -2.26. The molecule has 1 aliphatic rings. The van der Waals surface area contributed by atoms with Crippen molar-refractivity contribution in [1.82, 2.24) is 0 Å². The summed E-state index contributed by atoms with van der Waals surface area (Å²) in [5, 5.41) is 12.6. The standard InChI is InChI=1S/C14H16F3NO2/c1-13(2)9-7-8(3-4-10(9)18-12(13)20)11(19)5-6-14(15,16)17/h3-4,7,11,19H,5-6H2,1-2H3,(H,18,20). The molecule has 1 aromatic carbocycles. The minimum atomic E-state index is -4.28. The van der Waals surface area contributed by atoms with Crippen LogP contribution in [0.5, 0.6) is 0 Å². The highest BCUT2D eigenvalue weighted by molar-refractivity contribution is 6.05. The first-order valence-corrected chi connectivity index (χ1v) is 6.32. The highest BCUT2D eigenvalue weighted by Crippen LogP contribution is 2.39. The molecule has 1 amide bonds. The number of nitrogens with one attached hydrogen (secondary N) is 1. The van der Waals surface area contributed by atoms with Crippen LogP contribution >= 0.6 is 0 Å². The van der Waals surface area contributed by atoms with Crippen molar-refractivity contribution in [2.75, 3.05) is 5.32 Å². The lowest BCUT2D eigenvalue weighted by atomic mass is 9.84. The number of aliphatic hydroxyl groups is 1. The van der Waals surface area contributed by atoms with Crippen molar-refractivity contribution in [2.45, 2.75) is 44.4 Å². The third kappa shape index (κ3) is 2.80. The summed E-state index contributed by atoms with van der Waals surface area (Å²) in [5.74, 6) is -0.158. The van der Waals surface area contributed by atoms with E-state index in [9.17, 15) is 23.1 Å². The Bertz CT molecular complexity index is 538. The number of carbonyl (C=O) groups is 1. The second-order valence-electron chi connectivity index (χ2n) is 5.55. The maximum absolute atomic E-state index is 12.2. The number of rotatable bonds is 3. The fourth-order valence-corrected chi connectivity index (χ4v) is 2.26. The Labute approximate surface area is 114 Å². The smallest absolute Gasteiger partial charge is 0.388 e. The largest absolute Gasteiger partial charge is 0.389 e.